The average molecular weight is 316 g/mol. The molecule has 0 aromatic heterocycles. The van der Waals surface area contributed by atoms with E-state index in [0.717, 1.165) is 4.90 Å². The molecule has 4 amide bonds. The van der Waals surface area contributed by atoms with Crippen LogP contribution in [-0.2, 0) is 19.4 Å². The van der Waals surface area contributed by atoms with E-state index in [9.17, 15) is 22.8 Å². The molecule has 2 aliphatic heterocycles. The molecule has 0 bridgehead atoms. The van der Waals surface area contributed by atoms with Gasteiger partial charge in [0.1, 0.15) is 5.41 Å². The molecule has 2 rings (SSSR count). The van der Waals surface area contributed by atoms with Gasteiger partial charge in [0, 0.05) is 6.54 Å². The summed E-state index contributed by atoms with van der Waals surface area (Å²) in [4.78, 5) is 37.4. The smallest absolute Gasteiger partial charge is 0.277 e. The van der Waals surface area contributed by atoms with Crippen molar-refractivity contribution in [1.29, 1.82) is 0 Å². The fourth-order valence-electron chi connectivity index (χ4n) is 3.04. The van der Waals surface area contributed by atoms with Crippen LogP contribution in [0.15, 0.2) is 0 Å². The summed E-state index contributed by atoms with van der Waals surface area (Å²) < 4.78 is 23.8. The van der Waals surface area contributed by atoms with E-state index in [1.54, 1.807) is 13.8 Å². The lowest BCUT2D eigenvalue weighted by Gasteiger charge is -2.38. The number of sulfone groups is 1. The molecule has 21 heavy (non-hydrogen) atoms. The molecule has 2 saturated heterocycles. The number of barbiturate groups is 1. The van der Waals surface area contributed by atoms with Gasteiger partial charge in [-0.25, -0.2) is 13.2 Å². The van der Waals surface area contributed by atoms with Crippen LogP contribution in [0.3, 0.4) is 0 Å². The second-order valence-corrected chi connectivity index (χ2v) is 8.00. The Morgan fingerprint density at radius 3 is 2.33 bits per heavy atom. The predicted molar refractivity (Wildman–Crippen MR) is 75.1 cm³/mol. The molecule has 0 spiro atoms. The zero-order chi connectivity index (χ0) is 15.8. The topological polar surface area (TPSA) is 101 Å². The number of nitrogens with zero attached hydrogens (tertiary/aromatic N) is 1. The van der Waals surface area contributed by atoms with E-state index in [4.69, 9.17) is 0 Å². The normalized spacial score (nSPS) is 27.8. The SMILES string of the molecule is CCC1(CC)C(=O)NC(=O)N(CC2CCCS2(=O)=O)C1=O. The third-order valence-corrected chi connectivity index (χ3v) is 6.87. The number of nitrogens with one attached hydrogen (secondary N) is 1. The largest absolute Gasteiger partial charge is 0.330 e. The van der Waals surface area contributed by atoms with Crippen LogP contribution in [0.1, 0.15) is 39.5 Å². The molecule has 0 aromatic rings. The second kappa shape index (κ2) is 5.40. The van der Waals surface area contributed by atoms with Crippen LogP contribution in [0.4, 0.5) is 4.79 Å². The molecule has 0 radical (unpaired) electrons. The second-order valence-electron chi connectivity index (χ2n) is 5.60. The standard InChI is InChI=1S/C13H20N2O5S/c1-3-13(4-2)10(16)14-12(18)15(11(13)17)8-9-6-5-7-21(9,19)20/h9H,3-8H2,1-2H3,(H,14,16,18). The first-order chi connectivity index (χ1) is 9.78. The van der Waals surface area contributed by atoms with Crippen molar-refractivity contribution in [1.82, 2.24) is 10.2 Å². The van der Waals surface area contributed by atoms with Crippen molar-refractivity contribution in [3.63, 3.8) is 0 Å². The van der Waals surface area contributed by atoms with Crippen molar-refractivity contribution in [3.8, 4) is 0 Å². The highest BCUT2D eigenvalue weighted by molar-refractivity contribution is 7.92. The molecule has 2 fully saturated rings. The fourth-order valence-corrected chi connectivity index (χ4v) is 4.84. The maximum atomic E-state index is 12.6. The van der Waals surface area contributed by atoms with Gasteiger partial charge < -0.3 is 0 Å². The Balaban J connectivity index is 2.28. The van der Waals surface area contributed by atoms with E-state index in [1.807, 2.05) is 0 Å². The van der Waals surface area contributed by atoms with Crippen molar-refractivity contribution >= 4 is 27.7 Å². The maximum Gasteiger partial charge on any atom is 0.330 e. The number of hydrogen-bond acceptors (Lipinski definition) is 5. The van der Waals surface area contributed by atoms with Gasteiger partial charge in [0.2, 0.25) is 11.8 Å². The molecule has 0 saturated carbocycles. The monoisotopic (exact) mass is 316 g/mol. The zero-order valence-electron chi connectivity index (χ0n) is 12.2. The van der Waals surface area contributed by atoms with Crippen LogP contribution in [0, 0.1) is 5.41 Å². The number of carbonyl (C=O) groups is 3. The van der Waals surface area contributed by atoms with Gasteiger partial charge in [0.05, 0.1) is 11.0 Å². The van der Waals surface area contributed by atoms with Crippen LogP contribution < -0.4 is 5.32 Å². The summed E-state index contributed by atoms with van der Waals surface area (Å²) in [5, 5.41) is 1.47. The number of hydrogen-bond donors (Lipinski definition) is 1. The van der Waals surface area contributed by atoms with Crippen molar-refractivity contribution in [2.45, 2.75) is 44.8 Å². The Kier molecular flexibility index (Phi) is 4.10. The van der Waals surface area contributed by atoms with Gasteiger partial charge in [-0.05, 0) is 25.7 Å². The Bertz CT molecular complexity index is 579. The van der Waals surface area contributed by atoms with E-state index >= 15 is 0 Å². The zero-order valence-corrected chi connectivity index (χ0v) is 13.0. The number of urea groups is 1. The number of carbonyl (C=O) groups excluding carboxylic acids is 3. The van der Waals surface area contributed by atoms with Gasteiger partial charge in [-0.2, -0.15) is 0 Å². The first kappa shape index (κ1) is 15.9. The van der Waals surface area contributed by atoms with Gasteiger partial charge in [0.15, 0.2) is 9.84 Å². The highest BCUT2D eigenvalue weighted by Gasteiger charge is 2.52. The van der Waals surface area contributed by atoms with Crippen molar-refractivity contribution < 1.29 is 22.8 Å². The molecule has 8 heteroatoms. The summed E-state index contributed by atoms with van der Waals surface area (Å²) in [6.45, 7) is 3.25. The Morgan fingerprint density at radius 2 is 1.86 bits per heavy atom. The Labute approximate surface area is 124 Å². The van der Waals surface area contributed by atoms with E-state index in [2.05, 4.69) is 5.32 Å². The summed E-state index contributed by atoms with van der Waals surface area (Å²) in [5.74, 6) is -1.08. The molecule has 7 nitrogen and oxygen atoms in total. The molecule has 0 aromatic carbocycles. The first-order valence-electron chi connectivity index (χ1n) is 7.17. The molecule has 1 unspecified atom stereocenters. The molecular weight excluding hydrogens is 296 g/mol. The van der Waals surface area contributed by atoms with Crippen LogP contribution in [0.2, 0.25) is 0 Å². The quantitative estimate of drug-likeness (QED) is 0.759. The lowest BCUT2D eigenvalue weighted by Crippen LogP contribution is -2.64. The molecule has 2 aliphatic rings. The lowest BCUT2D eigenvalue weighted by molar-refractivity contribution is -0.152. The average Bonchev–Trinajstić information content (AvgIpc) is 2.75. The van der Waals surface area contributed by atoms with Gasteiger partial charge in [-0.15, -0.1) is 0 Å². The van der Waals surface area contributed by atoms with E-state index in [-0.39, 0.29) is 25.1 Å². The van der Waals surface area contributed by atoms with Crippen molar-refractivity contribution in [2.24, 2.45) is 5.41 Å². The molecule has 1 N–H and O–H groups in total. The predicted octanol–water partition coefficient (Wildman–Crippen LogP) is 0.448. The van der Waals surface area contributed by atoms with Crippen LogP contribution in [0.5, 0.6) is 0 Å². The van der Waals surface area contributed by atoms with E-state index < -0.39 is 38.3 Å². The van der Waals surface area contributed by atoms with Gasteiger partial charge >= 0.3 is 6.03 Å². The van der Waals surface area contributed by atoms with Crippen molar-refractivity contribution in [2.75, 3.05) is 12.3 Å². The van der Waals surface area contributed by atoms with Crippen LogP contribution >= 0.6 is 0 Å². The van der Waals surface area contributed by atoms with E-state index in [1.165, 1.54) is 0 Å². The fraction of sp³-hybridized carbons (Fsp3) is 0.769. The summed E-state index contributed by atoms with van der Waals surface area (Å²) in [6, 6.07) is -0.815. The van der Waals surface area contributed by atoms with E-state index in [0.29, 0.717) is 12.8 Å². The molecule has 1 atom stereocenters. The molecule has 0 aliphatic carbocycles. The third-order valence-electron chi connectivity index (χ3n) is 4.61. The number of amides is 4. The molecular formula is C13H20N2O5S. The highest BCUT2D eigenvalue weighted by atomic mass is 32.2. The first-order valence-corrected chi connectivity index (χ1v) is 8.89. The summed E-state index contributed by atoms with van der Waals surface area (Å²) in [6.07, 6.45) is 1.53. The summed E-state index contributed by atoms with van der Waals surface area (Å²) in [7, 11) is -3.26. The Morgan fingerprint density at radius 1 is 1.24 bits per heavy atom. The third kappa shape index (κ3) is 2.45. The molecule has 2 heterocycles. The Hall–Kier alpha value is -1.44. The van der Waals surface area contributed by atoms with Gasteiger partial charge in [0.25, 0.3) is 0 Å². The minimum atomic E-state index is -3.26. The van der Waals surface area contributed by atoms with Gasteiger partial charge in [-0.1, -0.05) is 13.8 Å². The summed E-state index contributed by atoms with van der Waals surface area (Å²) >= 11 is 0. The molecule has 118 valence electrons. The summed E-state index contributed by atoms with van der Waals surface area (Å²) in [5.41, 5.74) is -1.27. The maximum absolute atomic E-state index is 12.6. The van der Waals surface area contributed by atoms with Crippen molar-refractivity contribution in [3.05, 3.63) is 0 Å². The minimum absolute atomic E-state index is 0.0902. The van der Waals surface area contributed by atoms with Crippen LogP contribution in [-0.4, -0.2) is 48.7 Å². The van der Waals surface area contributed by atoms with Gasteiger partial charge in [-0.3, -0.25) is 19.8 Å². The number of imide groups is 2. The van der Waals surface area contributed by atoms with Crippen LogP contribution in [0.25, 0.3) is 0 Å². The lowest BCUT2D eigenvalue weighted by atomic mass is 9.78. The minimum Gasteiger partial charge on any atom is -0.277 e. The number of rotatable bonds is 4. The highest BCUT2D eigenvalue weighted by Crippen LogP contribution is 2.33.